The van der Waals surface area contributed by atoms with Crippen molar-refractivity contribution in [2.45, 2.75) is 19.4 Å². The van der Waals surface area contributed by atoms with Gasteiger partial charge in [0.05, 0.1) is 11.6 Å². The number of rotatable bonds is 4. The minimum absolute atomic E-state index is 0.464. The minimum Gasteiger partial charge on any atom is -0.482 e. The molecule has 0 saturated heterocycles. The molecule has 42 heavy (non-hydrogen) atoms. The van der Waals surface area contributed by atoms with Crippen molar-refractivity contribution in [3.8, 4) is 68.2 Å². The van der Waals surface area contributed by atoms with Crippen LogP contribution in [0.25, 0.3) is 56.4 Å². The molecule has 1 aliphatic heterocycles. The minimum atomic E-state index is -0.464. The zero-order valence-corrected chi connectivity index (χ0v) is 23.2. The lowest BCUT2D eigenvalue weighted by atomic mass is 9.85. The summed E-state index contributed by atoms with van der Waals surface area (Å²) in [5.74, 6) is 2.47. The summed E-state index contributed by atoms with van der Waals surface area (Å²) in [5.41, 5.74) is 7.82. The van der Waals surface area contributed by atoms with Crippen molar-refractivity contribution in [2.75, 3.05) is 0 Å². The van der Waals surface area contributed by atoms with Gasteiger partial charge in [-0.15, -0.1) is 0 Å². The Hall–Kier alpha value is -5.60. The van der Waals surface area contributed by atoms with E-state index in [1.54, 1.807) is 0 Å². The summed E-state index contributed by atoms with van der Waals surface area (Å²) in [6, 6.07) is 42.4. The van der Waals surface area contributed by atoms with E-state index in [0.717, 1.165) is 44.7 Å². The monoisotopic (exact) mass is 542 g/mol. The molecular weight excluding hydrogens is 516 g/mol. The number of fused-ring (bicyclic) bond motifs is 3. The first kappa shape index (κ1) is 25.4. The first-order valence-electron chi connectivity index (χ1n) is 13.8. The lowest BCUT2D eigenvalue weighted by Gasteiger charge is -2.35. The molecule has 5 aromatic carbocycles. The highest BCUT2D eigenvalue weighted by Gasteiger charge is 2.32. The van der Waals surface area contributed by atoms with Crippen molar-refractivity contribution in [2.24, 2.45) is 0 Å². The quantitative estimate of drug-likeness (QED) is 0.223. The number of hydrogen-bond acceptors (Lipinski definition) is 5. The van der Waals surface area contributed by atoms with Gasteiger partial charge in [-0.25, -0.2) is 15.0 Å². The van der Waals surface area contributed by atoms with Crippen LogP contribution >= 0.6 is 0 Å². The van der Waals surface area contributed by atoms with Gasteiger partial charge in [-0.1, -0.05) is 97.1 Å². The standard InChI is InChI=1S/C37H26N4O/c1-37(2)32-16-10-9-15-30(32)31-18-17-27(22-33(31)42-37)28-19-24(23-38)20-29(21-28)36-40-34(25-11-5-3-6-12-25)39-35(41-36)26-13-7-4-8-14-26/h3-22H,1-2H3. The molecule has 0 radical (unpaired) electrons. The van der Waals surface area contributed by atoms with Crippen LogP contribution in [0.2, 0.25) is 0 Å². The Morgan fingerprint density at radius 1 is 0.548 bits per heavy atom. The molecule has 2 heterocycles. The molecule has 1 aromatic heterocycles. The molecule has 5 nitrogen and oxygen atoms in total. The lowest BCUT2D eigenvalue weighted by molar-refractivity contribution is 0.106. The normalized spacial score (nSPS) is 12.9. The van der Waals surface area contributed by atoms with E-state index in [-0.39, 0.29) is 0 Å². The predicted molar refractivity (Wildman–Crippen MR) is 165 cm³/mol. The first-order valence-corrected chi connectivity index (χ1v) is 13.8. The Bertz CT molecular complexity index is 1940. The van der Waals surface area contributed by atoms with Gasteiger partial charge in [-0.05, 0) is 54.8 Å². The van der Waals surface area contributed by atoms with Gasteiger partial charge in [0, 0.05) is 27.8 Å². The highest BCUT2D eigenvalue weighted by Crippen LogP contribution is 2.46. The maximum atomic E-state index is 9.99. The van der Waals surface area contributed by atoms with Crippen LogP contribution in [-0.4, -0.2) is 15.0 Å². The summed E-state index contributed by atoms with van der Waals surface area (Å²) in [4.78, 5) is 14.5. The highest BCUT2D eigenvalue weighted by atomic mass is 16.5. The van der Waals surface area contributed by atoms with Gasteiger partial charge in [-0.2, -0.15) is 5.26 Å². The van der Waals surface area contributed by atoms with E-state index in [9.17, 15) is 5.26 Å². The highest BCUT2D eigenvalue weighted by molar-refractivity contribution is 5.82. The molecule has 0 aliphatic carbocycles. The summed E-state index contributed by atoms with van der Waals surface area (Å²) < 4.78 is 6.51. The number of nitriles is 1. The van der Waals surface area contributed by atoms with E-state index >= 15 is 0 Å². The van der Waals surface area contributed by atoms with Gasteiger partial charge >= 0.3 is 0 Å². The van der Waals surface area contributed by atoms with E-state index < -0.39 is 5.60 Å². The van der Waals surface area contributed by atoms with Crippen LogP contribution in [0.4, 0.5) is 0 Å². The average molecular weight is 543 g/mol. The summed E-state index contributed by atoms with van der Waals surface area (Å²) in [7, 11) is 0. The molecule has 0 saturated carbocycles. The molecule has 1 aliphatic rings. The van der Waals surface area contributed by atoms with E-state index in [4.69, 9.17) is 19.7 Å². The van der Waals surface area contributed by atoms with Crippen LogP contribution in [0.1, 0.15) is 25.0 Å². The molecule has 0 bridgehead atoms. The van der Waals surface area contributed by atoms with Gasteiger partial charge in [0.25, 0.3) is 0 Å². The number of ether oxygens (including phenoxy) is 1. The van der Waals surface area contributed by atoms with Crippen LogP contribution in [0.5, 0.6) is 5.75 Å². The van der Waals surface area contributed by atoms with Crippen LogP contribution in [0.3, 0.4) is 0 Å². The zero-order valence-electron chi connectivity index (χ0n) is 23.2. The first-order chi connectivity index (χ1) is 20.5. The maximum absolute atomic E-state index is 9.99. The predicted octanol–water partition coefficient (Wildman–Crippen LogP) is 8.71. The molecular formula is C37H26N4O. The van der Waals surface area contributed by atoms with Gasteiger partial charge in [0.1, 0.15) is 11.4 Å². The van der Waals surface area contributed by atoms with Gasteiger partial charge < -0.3 is 4.74 Å². The van der Waals surface area contributed by atoms with Crippen molar-refractivity contribution >= 4 is 0 Å². The van der Waals surface area contributed by atoms with Gasteiger partial charge in [0.15, 0.2) is 17.5 Å². The Balaban J connectivity index is 1.37. The summed E-state index contributed by atoms with van der Waals surface area (Å²) in [6.45, 7) is 4.18. The lowest BCUT2D eigenvalue weighted by Crippen LogP contribution is -2.29. The average Bonchev–Trinajstić information content (AvgIpc) is 3.04. The molecule has 6 aromatic rings. The second-order valence-corrected chi connectivity index (χ2v) is 10.8. The topological polar surface area (TPSA) is 71.7 Å². The zero-order chi connectivity index (χ0) is 28.7. The van der Waals surface area contributed by atoms with Crippen LogP contribution in [-0.2, 0) is 5.60 Å². The van der Waals surface area contributed by atoms with Crippen molar-refractivity contribution in [1.82, 2.24) is 15.0 Å². The summed E-state index contributed by atoms with van der Waals surface area (Å²) in [5, 5.41) is 9.99. The van der Waals surface area contributed by atoms with Crippen molar-refractivity contribution in [1.29, 1.82) is 5.26 Å². The van der Waals surface area contributed by atoms with Crippen molar-refractivity contribution in [3.63, 3.8) is 0 Å². The Kier molecular flexibility index (Phi) is 6.10. The van der Waals surface area contributed by atoms with Crippen molar-refractivity contribution in [3.05, 3.63) is 132 Å². The Morgan fingerprint density at radius 3 is 1.76 bits per heavy atom. The van der Waals surface area contributed by atoms with Crippen LogP contribution in [0, 0.1) is 11.3 Å². The second kappa shape index (κ2) is 10.1. The SMILES string of the molecule is CC1(C)Oc2cc(-c3cc(C#N)cc(-c4nc(-c5ccccc5)nc(-c5ccccc5)n4)c3)ccc2-c2ccccc21. The van der Waals surface area contributed by atoms with E-state index in [1.165, 1.54) is 5.56 Å². The second-order valence-electron chi connectivity index (χ2n) is 10.8. The van der Waals surface area contributed by atoms with Gasteiger partial charge in [0.2, 0.25) is 0 Å². The Morgan fingerprint density at radius 2 is 1.12 bits per heavy atom. The third kappa shape index (κ3) is 4.59. The van der Waals surface area contributed by atoms with E-state index in [0.29, 0.717) is 23.0 Å². The maximum Gasteiger partial charge on any atom is 0.164 e. The third-order valence-corrected chi connectivity index (χ3v) is 7.57. The molecule has 0 amide bonds. The van der Waals surface area contributed by atoms with E-state index in [2.05, 4.69) is 56.3 Å². The third-order valence-electron chi connectivity index (χ3n) is 7.57. The smallest absolute Gasteiger partial charge is 0.164 e. The van der Waals surface area contributed by atoms with Crippen molar-refractivity contribution < 1.29 is 4.74 Å². The Labute approximate surface area is 244 Å². The summed E-state index contributed by atoms with van der Waals surface area (Å²) in [6.07, 6.45) is 0. The van der Waals surface area contributed by atoms with E-state index in [1.807, 2.05) is 84.9 Å². The molecule has 5 heteroatoms. The molecule has 0 N–H and O–H groups in total. The number of nitrogens with zero attached hydrogens (tertiary/aromatic N) is 4. The molecule has 0 unspecified atom stereocenters. The molecule has 200 valence electrons. The number of hydrogen-bond donors (Lipinski definition) is 0. The fourth-order valence-electron chi connectivity index (χ4n) is 5.51. The molecule has 0 fully saturated rings. The number of aromatic nitrogens is 3. The van der Waals surface area contributed by atoms with Crippen LogP contribution < -0.4 is 4.74 Å². The van der Waals surface area contributed by atoms with Crippen LogP contribution in [0.15, 0.2) is 121 Å². The molecule has 0 spiro atoms. The fraction of sp³-hybridized carbons (Fsp3) is 0.0811. The summed E-state index contributed by atoms with van der Waals surface area (Å²) >= 11 is 0. The fourth-order valence-corrected chi connectivity index (χ4v) is 5.51. The molecule has 7 rings (SSSR count). The molecule has 0 atom stereocenters. The number of benzene rings is 5. The van der Waals surface area contributed by atoms with Gasteiger partial charge in [-0.3, -0.25) is 0 Å². The largest absolute Gasteiger partial charge is 0.482 e.